The summed E-state index contributed by atoms with van der Waals surface area (Å²) in [4.78, 5) is 24.4. The largest absolute Gasteiger partial charge is 0.308 e. The van der Waals surface area contributed by atoms with E-state index in [0.717, 1.165) is 82.6 Å². The van der Waals surface area contributed by atoms with Crippen LogP contribution in [0.2, 0.25) is 0 Å². The number of benzene rings is 11. The lowest BCUT2D eigenvalue weighted by atomic mass is 9.97. The Morgan fingerprint density at radius 2 is 0.620 bits per heavy atom. The molecule has 0 fully saturated rings. The number of fused-ring (bicyclic) bond motifs is 6. The molecular formula is C80H38N12. The molecule has 0 aliphatic carbocycles. The van der Waals surface area contributed by atoms with Crippen molar-refractivity contribution in [3.63, 3.8) is 0 Å². The SMILES string of the molecule is [C-]#[N+]c1cc(C#N)cc(-c2ccc3c(c2)c2cc(-c4cc([N+]#[C-])cc([N+]#[C-])c4)ccc2n3-c2cc([N+]#[C-])c(-c3cc(-c4ccccc4)nc(-c4ccccc4)c3)cc2-n2c3ccc(-c4cc(C#N)cc(C#N)c4)cc3c3cc(-c4cc(C#N)cc([N+]#[C-])c4)ccc32)c1. The van der Waals surface area contributed by atoms with Gasteiger partial charge in [0.1, 0.15) is 0 Å². The number of rotatable bonds is 9. The van der Waals surface area contributed by atoms with Crippen LogP contribution in [0.1, 0.15) is 22.3 Å². The summed E-state index contributed by atoms with van der Waals surface area (Å²) in [5.41, 5.74) is 17.4. The van der Waals surface area contributed by atoms with Crippen LogP contribution in [0.4, 0.5) is 28.4 Å². The van der Waals surface area contributed by atoms with Gasteiger partial charge in [-0.2, -0.15) is 21.0 Å². The lowest BCUT2D eigenvalue weighted by Gasteiger charge is -2.20. The third kappa shape index (κ3) is 9.76. The quantitative estimate of drug-likeness (QED) is 0.132. The van der Waals surface area contributed by atoms with Gasteiger partial charge in [0.05, 0.1) is 113 Å². The third-order valence-electron chi connectivity index (χ3n) is 16.5. The van der Waals surface area contributed by atoms with Crippen molar-refractivity contribution in [1.82, 2.24) is 14.1 Å². The summed E-state index contributed by atoms with van der Waals surface area (Å²) in [5.74, 6) is 0. The Balaban J connectivity index is 1.13. The maximum absolute atomic E-state index is 10.2. The van der Waals surface area contributed by atoms with Crippen LogP contribution in [0.5, 0.6) is 0 Å². The van der Waals surface area contributed by atoms with Crippen molar-refractivity contribution in [3.05, 3.63) is 310 Å². The second-order valence-corrected chi connectivity index (χ2v) is 21.9. The standard InChI is InChI=1S/C80H38N12/c1-85-63-29-50(46-83)27-59(31-63)55-17-21-76-69(36-55)68-35-54(58-25-48(44-81)24-49(26-58)45-82)16-20-75(68)91(76)79-42-67(62-39-72(52-12-8-6-9-13-52)90-73(40-62)53-14-10-7-11-15-53)74(89-5)43-80(79)92-77-22-18-56(60-28-51(47-84)30-64(32-60)86-2)37-70(77)71-38-57(19-23-78(71)92)61-33-65(87-3)41-66(34-61)88-4/h6-43H. The van der Waals surface area contributed by atoms with Gasteiger partial charge in [-0.1, -0.05) is 103 Å². The van der Waals surface area contributed by atoms with Crippen LogP contribution < -0.4 is 0 Å². The first-order valence-electron chi connectivity index (χ1n) is 28.7. The minimum absolute atomic E-state index is 0.313. The minimum atomic E-state index is 0.313. The maximum Gasteiger partial charge on any atom is 0.197 e. The second kappa shape index (κ2) is 22.8. The molecule has 0 aliphatic rings. The van der Waals surface area contributed by atoms with Gasteiger partial charge >= 0.3 is 0 Å². The Labute approximate surface area is 528 Å². The molecule has 418 valence electrons. The molecular weight excluding hydrogens is 1130 g/mol. The van der Waals surface area contributed by atoms with E-state index >= 15 is 0 Å². The number of nitrogens with zero attached hydrogens (tertiary/aromatic N) is 12. The molecule has 0 atom stereocenters. The fraction of sp³-hybridized carbons (Fsp3) is 0. The monoisotopic (exact) mass is 1170 g/mol. The van der Waals surface area contributed by atoms with E-state index in [1.165, 1.54) is 0 Å². The fourth-order valence-corrected chi connectivity index (χ4v) is 12.4. The summed E-state index contributed by atoms with van der Waals surface area (Å²) in [6.07, 6.45) is 0. The molecule has 0 unspecified atom stereocenters. The van der Waals surface area contributed by atoms with Crippen molar-refractivity contribution in [2.45, 2.75) is 0 Å². The van der Waals surface area contributed by atoms with Crippen LogP contribution in [0.25, 0.3) is 157 Å². The smallest absolute Gasteiger partial charge is 0.197 e. The lowest BCUT2D eigenvalue weighted by Crippen LogP contribution is -2.04. The fourth-order valence-electron chi connectivity index (χ4n) is 12.4. The molecule has 0 aliphatic heterocycles. The summed E-state index contributed by atoms with van der Waals surface area (Å²) in [7, 11) is 0. The molecule has 12 heteroatoms. The van der Waals surface area contributed by atoms with Crippen molar-refractivity contribution in [1.29, 1.82) is 21.0 Å². The van der Waals surface area contributed by atoms with E-state index < -0.39 is 0 Å². The van der Waals surface area contributed by atoms with Crippen LogP contribution in [0.15, 0.2) is 231 Å². The highest BCUT2D eigenvalue weighted by atomic mass is 15.1. The van der Waals surface area contributed by atoms with E-state index in [2.05, 4.69) is 69.8 Å². The van der Waals surface area contributed by atoms with Crippen LogP contribution in [-0.4, -0.2) is 14.1 Å². The first kappa shape index (κ1) is 55.5. The molecule has 92 heavy (non-hydrogen) atoms. The van der Waals surface area contributed by atoms with Gasteiger partial charge in [0.25, 0.3) is 0 Å². The highest BCUT2D eigenvalue weighted by molar-refractivity contribution is 6.15. The van der Waals surface area contributed by atoms with E-state index in [4.69, 9.17) is 37.8 Å². The Kier molecular flexibility index (Phi) is 13.7. The summed E-state index contributed by atoms with van der Waals surface area (Å²) in [6.45, 7) is 40.9. The Morgan fingerprint density at radius 1 is 0.283 bits per heavy atom. The van der Waals surface area contributed by atoms with E-state index in [1.807, 2.05) is 146 Å². The van der Waals surface area contributed by atoms with Crippen molar-refractivity contribution < 1.29 is 0 Å². The van der Waals surface area contributed by atoms with Crippen LogP contribution in [0.3, 0.4) is 0 Å². The average Bonchev–Trinajstić information content (AvgIpc) is 1.55. The van der Waals surface area contributed by atoms with Gasteiger partial charge in [-0.25, -0.2) is 29.2 Å². The molecule has 0 spiro atoms. The maximum atomic E-state index is 10.2. The molecule has 0 amide bonds. The summed E-state index contributed by atoms with van der Waals surface area (Å²) < 4.78 is 4.34. The van der Waals surface area contributed by atoms with Crippen molar-refractivity contribution in [2.24, 2.45) is 0 Å². The minimum Gasteiger partial charge on any atom is -0.308 e. The van der Waals surface area contributed by atoms with E-state index in [-0.39, 0.29) is 0 Å². The number of aromatic nitrogens is 3. The highest BCUT2D eigenvalue weighted by Gasteiger charge is 2.25. The lowest BCUT2D eigenvalue weighted by molar-refractivity contribution is 1.10. The number of hydrogen-bond donors (Lipinski definition) is 0. The third-order valence-corrected chi connectivity index (χ3v) is 16.5. The van der Waals surface area contributed by atoms with Gasteiger partial charge in [-0.3, -0.25) is 0 Å². The number of nitriles is 4. The Hall–Kier alpha value is -14.4. The summed E-state index contributed by atoms with van der Waals surface area (Å²) in [6, 6.07) is 81.2. The van der Waals surface area contributed by atoms with Gasteiger partial charge in [0.2, 0.25) is 0 Å². The predicted octanol–water partition coefficient (Wildman–Crippen LogP) is 21.2. The van der Waals surface area contributed by atoms with Gasteiger partial charge in [-0.05, 0) is 183 Å². The zero-order chi connectivity index (χ0) is 63.1. The van der Waals surface area contributed by atoms with Gasteiger partial charge in [-0.15, -0.1) is 0 Å². The Bertz CT molecular complexity index is 5490. The molecule has 0 saturated heterocycles. The van der Waals surface area contributed by atoms with Crippen molar-refractivity contribution >= 4 is 72.0 Å². The molecule has 0 N–H and O–H groups in total. The highest BCUT2D eigenvalue weighted by Crippen LogP contribution is 2.47. The van der Waals surface area contributed by atoms with Crippen LogP contribution >= 0.6 is 0 Å². The normalized spacial score (nSPS) is 10.7. The van der Waals surface area contributed by atoms with Crippen LogP contribution in [-0.2, 0) is 0 Å². The average molecular weight is 1170 g/mol. The zero-order valence-electron chi connectivity index (χ0n) is 48.3. The first-order valence-corrected chi connectivity index (χ1v) is 28.7. The van der Waals surface area contributed by atoms with Gasteiger partial charge < -0.3 is 9.13 Å². The molecule has 14 aromatic rings. The molecule has 14 rings (SSSR count). The summed E-state index contributed by atoms with van der Waals surface area (Å²) >= 11 is 0. The topological polar surface area (TPSA) is 140 Å². The van der Waals surface area contributed by atoms with E-state index in [1.54, 1.807) is 72.8 Å². The summed E-state index contributed by atoms with van der Waals surface area (Å²) in [5, 5.41) is 43.8. The zero-order valence-corrected chi connectivity index (χ0v) is 48.3. The van der Waals surface area contributed by atoms with Gasteiger partial charge in [0, 0.05) is 43.8 Å². The predicted molar refractivity (Wildman–Crippen MR) is 361 cm³/mol. The molecule has 0 bridgehead atoms. The Morgan fingerprint density at radius 3 is 0.978 bits per heavy atom. The molecule has 0 radical (unpaired) electrons. The van der Waals surface area contributed by atoms with Crippen molar-refractivity contribution in [3.8, 4) is 114 Å². The van der Waals surface area contributed by atoms with Crippen LogP contribution in [0, 0.1) is 78.2 Å². The molecule has 3 heterocycles. The van der Waals surface area contributed by atoms with E-state index in [0.29, 0.717) is 101 Å². The van der Waals surface area contributed by atoms with E-state index in [9.17, 15) is 21.0 Å². The second-order valence-electron chi connectivity index (χ2n) is 21.9. The number of pyridine rings is 1. The molecule has 3 aromatic heterocycles. The molecule has 11 aromatic carbocycles. The molecule has 12 nitrogen and oxygen atoms in total. The first-order chi connectivity index (χ1) is 45.1. The molecule has 0 saturated carbocycles. The number of hydrogen-bond acceptors (Lipinski definition) is 5. The van der Waals surface area contributed by atoms with Gasteiger partial charge in [0.15, 0.2) is 28.4 Å². The van der Waals surface area contributed by atoms with Crippen molar-refractivity contribution in [2.75, 3.05) is 0 Å².